The van der Waals surface area contributed by atoms with E-state index in [0.29, 0.717) is 6.54 Å². The number of hydrogen-bond donors (Lipinski definition) is 1. The van der Waals surface area contributed by atoms with Crippen molar-refractivity contribution in [3.05, 3.63) is 11.6 Å². The van der Waals surface area contributed by atoms with Crippen LogP contribution >= 0.6 is 11.6 Å². The van der Waals surface area contributed by atoms with Gasteiger partial charge in [-0.25, -0.2) is 0 Å². The average Bonchev–Trinajstić information content (AvgIpc) is 2.04. The molecule has 3 nitrogen and oxygen atoms in total. The van der Waals surface area contributed by atoms with E-state index in [-0.39, 0.29) is 12.5 Å². The van der Waals surface area contributed by atoms with Gasteiger partial charge in [-0.1, -0.05) is 24.6 Å². The molecule has 1 N–H and O–H groups in total. The topological polar surface area (TPSA) is 40.5 Å². The van der Waals surface area contributed by atoms with E-state index in [9.17, 15) is 4.79 Å². The van der Waals surface area contributed by atoms with Crippen LogP contribution in [0.2, 0.25) is 0 Å². The molecule has 0 aliphatic rings. The van der Waals surface area contributed by atoms with Gasteiger partial charge >= 0.3 is 5.97 Å². The van der Waals surface area contributed by atoms with Crippen molar-refractivity contribution in [1.82, 2.24) is 4.90 Å². The van der Waals surface area contributed by atoms with Gasteiger partial charge in [0.2, 0.25) is 0 Å². The maximum atomic E-state index is 10.4. The van der Waals surface area contributed by atoms with Crippen LogP contribution in [-0.2, 0) is 4.79 Å². The highest BCUT2D eigenvalue weighted by Gasteiger charge is 2.13. The SMILES string of the molecule is CCN(CC=CCl)C(C)CC(=O)O. The summed E-state index contributed by atoms with van der Waals surface area (Å²) in [5.41, 5.74) is 1.45. The summed E-state index contributed by atoms with van der Waals surface area (Å²) in [6, 6.07) is 0.0513. The normalized spacial score (nSPS) is 13.8. The lowest BCUT2D eigenvalue weighted by Crippen LogP contribution is -2.34. The minimum absolute atomic E-state index is 0.0513. The first-order chi connectivity index (χ1) is 6.11. The van der Waals surface area contributed by atoms with Crippen LogP contribution in [0.5, 0.6) is 0 Å². The molecule has 0 amide bonds. The van der Waals surface area contributed by atoms with Crippen LogP contribution in [0.25, 0.3) is 0 Å². The third-order valence-corrected chi connectivity index (χ3v) is 2.11. The van der Waals surface area contributed by atoms with Crippen LogP contribution in [0.1, 0.15) is 20.3 Å². The van der Waals surface area contributed by atoms with E-state index in [0.717, 1.165) is 6.54 Å². The number of aliphatic carboxylic acids is 1. The smallest absolute Gasteiger partial charge is 0.304 e. The molecular formula is C9H16ClNO2. The van der Waals surface area contributed by atoms with Crippen LogP contribution in [0.4, 0.5) is 0 Å². The van der Waals surface area contributed by atoms with Gasteiger partial charge in [0.15, 0.2) is 0 Å². The molecule has 0 heterocycles. The molecule has 0 radical (unpaired) electrons. The second-order valence-corrected chi connectivity index (χ2v) is 3.15. The summed E-state index contributed by atoms with van der Waals surface area (Å²) in [6.45, 7) is 5.43. The highest BCUT2D eigenvalue weighted by molar-refractivity contribution is 6.25. The molecule has 0 saturated heterocycles. The Hall–Kier alpha value is -0.540. The first-order valence-electron chi connectivity index (χ1n) is 4.32. The van der Waals surface area contributed by atoms with Gasteiger partial charge in [0.1, 0.15) is 0 Å². The van der Waals surface area contributed by atoms with Gasteiger partial charge in [-0.3, -0.25) is 9.69 Å². The number of carboxylic acid groups (broad SMARTS) is 1. The number of likely N-dealkylation sites (N-methyl/N-ethyl adjacent to an activating group) is 1. The van der Waals surface area contributed by atoms with Crippen LogP contribution in [0.15, 0.2) is 11.6 Å². The molecule has 0 saturated carbocycles. The second-order valence-electron chi connectivity index (χ2n) is 2.90. The van der Waals surface area contributed by atoms with Crippen molar-refractivity contribution < 1.29 is 9.90 Å². The van der Waals surface area contributed by atoms with Gasteiger partial charge < -0.3 is 5.11 Å². The van der Waals surface area contributed by atoms with Crippen LogP contribution in [0.3, 0.4) is 0 Å². The van der Waals surface area contributed by atoms with E-state index in [4.69, 9.17) is 16.7 Å². The van der Waals surface area contributed by atoms with Gasteiger partial charge in [0.05, 0.1) is 6.42 Å². The quantitative estimate of drug-likeness (QED) is 0.721. The van der Waals surface area contributed by atoms with E-state index in [2.05, 4.69) is 0 Å². The largest absolute Gasteiger partial charge is 0.481 e. The van der Waals surface area contributed by atoms with Crippen molar-refractivity contribution in [2.24, 2.45) is 0 Å². The fourth-order valence-electron chi connectivity index (χ4n) is 1.18. The molecule has 76 valence electrons. The first-order valence-corrected chi connectivity index (χ1v) is 4.76. The molecule has 4 heteroatoms. The van der Waals surface area contributed by atoms with E-state index in [1.54, 1.807) is 0 Å². The van der Waals surface area contributed by atoms with Crippen molar-refractivity contribution in [1.29, 1.82) is 0 Å². The predicted molar refractivity (Wildman–Crippen MR) is 54.0 cm³/mol. The number of carboxylic acids is 1. The maximum absolute atomic E-state index is 10.4. The molecule has 0 spiro atoms. The number of carbonyl (C=O) groups is 1. The summed E-state index contributed by atoms with van der Waals surface area (Å²) in [6.07, 6.45) is 1.98. The maximum Gasteiger partial charge on any atom is 0.304 e. The highest BCUT2D eigenvalue weighted by atomic mass is 35.5. The fraction of sp³-hybridized carbons (Fsp3) is 0.667. The third kappa shape index (κ3) is 5.66. The Bertz CT molecular complexity index is 182. The molecule has 0 aliphatic heterocycles. The molecule has 0 bridgehead atoms. The Labute approximate surface area is 84.0 Å². The summed E-state index contributed by atoms with van der Waals surface area (Å²) in [5.74, 6) is -0.763. The average molecular weight is 206 g/mol. The minimum atomic E-state index is -0.763. The molecule has 0 aliphatic carbocycles. The summed E-state index contributed by atoms with van der Waals surface area (Å²) < 4.78 is 0. The Balaban J connectivity index is 3.98. The number of nitrogens with zero attached hydrogens (tertiary/aromatic N) is 1. The van der Waals surface area contributed by atoms with E-state index < -0.39 is 5.97 Å². The highest BCUT2D eigenvalue weighted by Crippen LogP contribution is 2.03. The molecule has 0 aromatic heterocycles. The van der Waals surface area contributed by atoms with E-state index in [1.807, 2.05) is 24.8 Å². The second kappa shape index (κ2) is 6.92. The number of rotatable bonds is 6. The van der Waals surface area contributed by atoms with Gasteiger partial charge in [0, 0.05) is 18.1 Å². The van der Waals surface area contributed by atoms with Crippen molar-refractivity contribution >= 4 is 17.6 Å². The Morgan fingerprint density at radius 1 is 1.69 bits per heavy atom. The first kappa shape index (κ1) is 12.5. The van der Waals surface area contributed by atoms with Crippen molar-refractivity contribution in [2.45, 2.75) is 26.3 Å². The summed E-state index contributed by atoms with van der Waals surface area (Å²) in [5, 5.41) is 8.58. The lowest BCUT2D eigenvalue weighted by Gasteiger charge is -2.24. The summed E-state index contributed by atoms with van der Waals surface area (Å²) >= 11 is 5.39. The Kier molecular flexibility index (Phi) is 6.63. The molecule has 1 atom stereocenters. The Morgan fingerprint density at radius 2 is 2.31 bits per heavy atom. The summed E-state index contributed by atoms with van der Waals surface area (Å²) in [7, 11) is 0. The molecule has 0 rings (SSSR count). The lowest BCUT2D eigenvalue weighted by molar-refractivity contribution is -0.138. The van der Waals surface area contributed by atoms with E-state index in [1.165, 1.54) is 5.54 Å². The van der Waals surface area contributed by atoms with E-state index >= 15 is 0 Å². The van der Waals surface area contributed by atoms with Crippen molar-refractivity contribution in [3.8, 4) is 0 Å². The van der Waals surface area contributed by atoms with Gasteiger partial charge in [-0.05, 0) is 13.5 Å². The molecule has 0 aromatic carbocycles. The molecular weight excluding hydrogens is 190 g/mol. The van der Waals surface area contributed by atoms with Crippen LogP contribution < -0.4 is 0 Å². The van der Waals surface area contributed by atoms with Gasteiger partial charge in [-0.15, -0.1) is 0 Å². The molecule has 0 aromatic rings. The molecule has 0 fully saturated rings. The van der Waals surface area contributed by atoms with Crippen molar-refractivity contribution in [2.75, 3.05) is 13.1 Å². The monoisotopic (exact) mass is 205 g/mol. The van der Waals surface area contributed by atoms with Crippen molar-refractivity contribution in [3.63, 3.8) is 0 Å². The zero-order valence-electron chi connectivity index (χ0n) is 8.03. The fourth-order valence-corrected chi connectivity index (χ4v) is 1.26. The zero-order valence-corrected chi connectivity index (χ0v) is 8.79. The van der Waals surface area contributed by atoms with Gasteiger partial charge in [-0.2, -0.15) is 0 Å². The number of halogens is 1. The predicted octanol–water partition coefficient (Wildman–Crippen LogP) is 1.92. The minimum Gasteiger partial charge on any atom is -0.481 e. The Morgan fingerprint density at radius 3 is 2.69 bits per heavy atom. The third-order valence-electron chi connectivity index (χ3n) is 1.93. The molecule has 13 heavy (non-hydrogen) atoms. The molecule has 1 unspecified atom stereocenters. The standard InChI is InChI=1S/C9H16ClNO2/c1-3-11(6-4-5-10)8(2)7-9(12)13/h4-5,8H,3,6-7H2,1-2H3,(H,12,13). The van der Waals surface area contributed by atoms with Crippen LogP contribution in [-0.4, -0.2) is 35.1 Å². The lowest BCUT2D eigenvalue weighted by atomic mass is 10.2. The summed E-state index contributed by atoms with van der Waals surface area (Å²) in [4.78, 5) is 12.5. The number of hydrogen-bond acceptors (Lipinski definition) is 2. The van der Waals surface area contributed by atoms with Gasteiger partial charge in [0.25, 0.3) is 0 Å². The zero-order chi connectivity index (χ0) is 10.3. The van der Waals surface area contributed by atoms with Crippen LogP contribution in [0, 0.1) is 0 Å².